The first-order valence-corrected chi connectivity index (χ1v) is 10.1. The summed E-state index contributed by atoms with van der Waals surface area (Å²) in [7, 11) is 0. The zero-order valence-corrected chi connectivity index (χ0v) is 17.5. The van der Waals surface area contributed by atoms with Crippen LogP contribution in [0.3, 0.4) is 0 Å². The van der Waals surface area contributed by atoms with Gasteiger partial charge in [0.2, 0.25) is 0 Å². The van der Waals surface area contributed by atoms with Crippen molar-refractivity contribution in [2.75, 3.05) is 13.2 Å². The molecular formula is C23H30ClNO3. The average molecular weight is 404 g/mol. The fraction of sp³-hybridized carbons (Fsp3) is 0.435. The van der Waals surface area contributed by atoms with Gasteiger partial charge in [0, 0.05) is 17.0 Å². The summed E-state index contributed by atoms with van der Waals surface area (Å²) in [5.41, 5.74) is 9.17. The fourth-order valence-electron chi connectivity index (χ4n) is 2.81. The van der Waals surface area contributed by atoms with Gasteiger partial charge < -0.3 is 15.6 Å². The Morgan fingerprint density at radius 1 is 1.21 bits per heavy atom. The van der Waals surface area contributed by atoms with Crippen LogP contribution in [0.5, 0.6) is 0 Å². The van der Waals surface area contributed by atoms with Crippen molar-refractivity contribution in [2.45, 2.75) is 51.7 Å². The minimum Gasteiger partial charge on any atom is -0.394 e. The standard InChI is InChI=1S/C23H30ClNO3/c1-3-23(25,15-26)16-28-14-20-12-11-19(13-21(20)24)22(27)6-4-5-18-9-7-17(2)8-10-18/h7-13,26H,3-6,14-16,25H2,1-2H3. The van der Waals surface area contributed by atoms with Crippen LogP contribution in [0.15, 0.2) is 42.5 Å². The summed E-state index contributed by atoms with van der Waals surface area (Å²) in [6.45, 7) is 4.38. The Morgan fingerprint density at radius 3 is 2.54 bits per heavy atom. The van der Waals surface area contributed by atoms with E-state index in [2.05, 4.69) is 31.2 Å². The van der Waals surface area contributed by atoms with Crippen molar-refractivity contribution in [1.29, 1.82) is 0 Å². The van der Waals surface area contributed by atoms with Crippen molar-refractivity contribution in [3.63, 3.8) is 0 Å². The van der Waals surface area contributed by atoms with E-state index < -0.39 is 5.54 Å². The molecule has 0 radical (unpaired) electrons. The number of aliphatic hydroxyl groups is 1. The van der Waals surface area contributed by atoms with E-state index >= 15 is 0 Å². The summed E-state index contributed by atoms with van der Waals surface area (Å²) in [4.78, 5) is 12.4. The minimum absolute atomic E-state index is 0.0914. The fourth-order valence-corrected chi connectivity index (χ4v) is 3.05. The summed E-state index contributed by atoms with van der Waals surface area (Å²) < 4.78 is 5.62. The zero-order valence-electron chi connectivity index (χ0n) is 16.7. The van der Waals surface area contributed by atoms with E-state index in [4.69, 9.17) is 22.1 Å². The summed E-state index contributed by atoms with van der Waals surface area (Å²) in [5.74, 6) is 0.0914. The van der Waals surface area contributed by atoms with E-state index in [1.54, 1.807) is 12.1 Å². The van der Waals surface area contributed by atoms with Crippen LogP contribution in [0.25, 0.3) is 0 Å². The number of aryl methyl sites for hydroxylation is 2. The van der Waals surface area contributed by atoms with Crippen molar-refractivity contribution in [1.82, 2.24) is 0 Å². The maximum absolute atomic E-state index is 12.4. The maximum atomic E-state index is 12.4. The number of halogens is 1. The number of carbonyl (C=O) groups is 1. The minimum atomic E-state index is -0.736. The third kappa shape index (κ3) is 6.71. The van der Waals surface area contributed by atoms with Gasteiger partial charge in [0.1, 0.15) is 0 Å². The number of aliphatic hydroxyl groups excluding tert-OH is 1. The number of ether oxygens (including phenoxy) is 1. The predicted molar refractivity (Wildman–Crippen MR) is 114 cm³/mol. The molecule has 0 bridgehead atoms. The molecule has 0 aliphatic heterocycles. The van der Waals surface area contributed by atoms with Crippen LogP contribution >= 0.6 is 11.6 Å². The second-order valence-electron chi connectivity index (χ2n) is 7.44. The molecule has 1 unspecified atom stereocenters. The molecule has 1 atom stereocenters. The Balaban J connectivity index is 1.84. The number of hydrogen-bond acceptors (Lipinski definition) is 4. The first kappa shape index (κ1) is 22.6. The normalized spacial score (nSPS) is 13.3. The Kier molecular flexibility index (Phi) is 8.64. The Labute approximate surface area is 172 Å². The third-order valence-corrected chi connectivity index (χ3v) is 5.38. The summed E-state index contributed by atoms with van der Waals surface area (Å²) in [6, 6.07) is 13.7. The summed E-state index contributed by atoms with van der Waals surface area (Å²) in [6.07, 6.45) is 2.80. The Bertz CT molecular complexity index is 770. The highest BCUT2D eigenvalue weighted by Gasteiger charge is 2.22. The molecule has 2 rings (SSSR count). The Hall–Kier alpha value is -1.72. The SMILES string of the molecule is CCC(N)(CO)COCc1ccc(C(=O)CCCc2ccc(C)cc2)cc1Cl. The van der Waals surface area contributed by atoms with E-state index in [1.807, 2.05) is 13.0 Å². The number of hydrogen-bond donors (Lipinski definition) is 2. The van der Waals surface area contributed by atoms with Crippen LogP contribution in [0, 0.1) is 6.92 Å². The molecule has 0 saturated carbocycles. The van der Waals surface area contributed by atoms with Gasteiger partial charge in [0.05, 0.1) is 25.4 Å². The number of ketones is 1. The summed E-state index contributed by atoms with van der Waals surface area (Å²) in [5, 5.41) is 9.83. The van der Waals surface area contributed by atoms with Crippen LogP contribution in [0.4, 0.5) is 0 Å². The first-order valence-electron chi connectivity index (χ1n) is 9.71. The molecule has 0 aliphatic rings. The maximum Gasteiger partial charge on any atom is 0.162 e. The lowest BCUT2D eigenvalue weighted by molar-refractivity contribution is 0.0441. The number of benzene rings is 2. The topological polar surface area (TPSA) is 72.6 Å². The third-order valence-electron chi connectivity index (χ3n) is 5.03. The van der Waals surface area contributed by atoms with E-state index in [9.17, 15) is 9.90 Å². The summed E-state index contributed by atoms with van der Waals surface area (Å²) >= 11 is 6.32. The molecule has 0 aliphatic carbocycles. The van der Waals surface area contributed by atoms with Gasteiger partial charge in [-0.15, -0.1) is 0 Å². The number of rotatable bonds is 11. The zero-order chi connectivity index (χ0) is 20.6. The molecule has 0 amide bonds. The van der Waals surface area contributed by atoms with Gasteiger partial charge in [0.25, 0.3) is 0 Å². The quantitative estimate of drug-likeness (QED) is 0.543. The predicted octanol–water partition coefficient (Wildman–Crippen LogP) is 4.47. The molecule has 0 saturated heterocycles. The van der Waals surface area contributed by atoms with Crippen LogP contribution < -0.4 is 5.73 Å². The van der Waals surface area contributed by atoms with Gasteiger partial charge in [-0.05, 0) is 43.4 Å². The van der Waals surface area contributed by atoms with Crippen LogP contribution in [-0.2, 0) is 17.8 Å². The van der Waals surface area contributed by atoms with E-state index in [-0.39, 0.29) is 19.0 Å². The van der Waals surface area contributed by atoms with Gasteiger partial charge in [0.15, 0.2) is 5.78 Å². The van der Waals surface area contributed by atoms with Crippen molar-refractivity contribution < 1.29 is 14.6 Å². The second kappa shape index (κ2) is 10.7. The second-order valence-corrected chi connectivity index (χ2v) is 7.84. The largest absolute Gasteiger partial charge is 0.394 e. The molecule has 5 heteroatoms. The molecule has 2 aromatic rings. The Morgan fingerprint density at radius 2 is 1.93 bits per heavy atom. The molecule has 0 fully saturated rings. The smallest absolute Gasteiger partial charge is 0.162 e. The molecule has 0 spiro atoms. The van der Waals surface area contributed by atoms with Gasteiger partial charge in [-0.25, -0.2) is 0 Å². The molecule has 2 aromatic carbocycles. The van der Waals surface area contributed by atoms with Crippen LogP contribution in [-0.4, -0.2) is 29.6 Å². The highest BCUT2D eigenvalue weighted by molar-refractivity contribution is 6.31. The van der Waals surface area contributed by atoms with Gasteiger partial charge >= 0.3 is 0 Å². The first-order chi connectivity index (χ1) is 13.4. The van der Waals surface area contributed by atoms with Gasteiger partial charge in [-0.2, -0.15) is 0 Å². The van der Waals surface area contributed by atoms with Gasteiger partial charge in [-0.1, -0.05) is 60.5 Å². The molecular weight excluding hydrogens is 374 g/mol. The molecule has 4 nitrogen and oxygen atoms in total. The highest BCUT2D eigenvalue weighted by atomic mass is 35.5. The van der Waals surface area contributed by atoms with Crippen LogP contribution in [0.2, 0.25) is 5.02 Å². The van der Waals surface area contributed by atoms with Gasteiger partial charge in [-0.3, -0.25) is 4.79 Å². The lowest BCUT2D eigenvalue weighted by Gasteiger charge is -2.25. The van der Waals surface area contributed by atoms with Crippen molar-refractivity contribution in [3.05, 3.63) is 69.7 Å². The monoisotopic (exact) mass is 403 g/mol. The average Bonchev–Trinajstić information content (AvgIpc) is 2.70. The van der Waals surface area contributed by atoms with E-state index in [0.717, 1.165) is 18.4 Å². The molecule has 3 N–H and O–H groups in total. The van der Waals surface area contributed by atoms with Crippen LogP contribution in [0.1, 0.15) is 53.2 Å². The molecule has 152 valence electrons. The molecule has 0 aromatic heterocycles. The highest BCUT2D eigenvalue weighted by Crippen LogP contribution is 2.21. The number of carbonyl (C=O) groups excluding carboxylic acids is 1. The molecule has 28 heavy (non-hydrogen) atoms. The number of nitrogens with two attached hydrogens (primary N) is 1. The van der Waals surface area contributed by atoms with Crippen molar-refractivity contribution in [3.8, 4) is 0 Å². The van der Waals surface area contributed by atoms with E-state index in [0.29, 0.717) is 30.0 Å². The lowest BCUT2D eigenvalue weighted by Crippen LogP contribution is -2.47. The van der Waals surface area contributed by atoms with E-state index in [1.165, 1.54) is 11.1 Å². The lowest BCUT2D eigenvalue weighted by atomic mass is 10.0. The molecule has 0 heterocycles. The van der Waals surface area contributed by atoms with Crippen molar-refractivity contribution in [2.24, 2.45) is 5.73 Å². The van der Waals surface area contributed by atoms with Crippen molar-refractivity contribution >= 4 is 17.4 Å². The number of Topliss-reactive ketones (excluding diaryl/α,β-unsaturated/α-hetero) is 1.